The second kappa shape index (κ2) is 11.8. The molecule has 0 atom stereocenters. The molecule has 3 aromatic rings. The van der Waals surface area contributed by atoms with Crippen molar-refractivity contribution in [3.8, 4) is 11.8 Å². The van der Waals surface area contributed by atoms with Gasteiger partial charge in [0.15, 0.2) is 5.17 Å². The van der Waals surface area contributed by atoms with Gasteiger partial charge in [0.25, 0.3) is 5.91 Å². The Kier molecular flexibility index (Phi) is 8.08. The van der Waals surface area contributed by atoms with Crippen LogP contribution in [0.4, 0.5) is 5.69 Å². The van der Waals surface area contributed by atoms with Crippen LogP contribution in [0.3, 0.4) is 0 Å². The Balaban J connectivity index is 1.37. The van der Waals surface area contributed by atoms with Crippen LogP contribution < -0.4 is 4.74 Å². The third-order valence-corrected chi connectivity index (χ3v) is 8.14. The molecule has 5 nitrogen and oxygen atoms in total. The zero-order valence-electron chi connectivity index (χ0n) is 20.3. The van der Waals surface area contributed by atoms with E-state index in [2.05, 4.69) is 22.0 Å². The highest BCUT2D eigenvalue weighted by Gasteiger charge is 2.38. The molecule has 5 rings (SSSR count). The van der Waals surface area contributed by atoms with Crippen LogP contribution in [0.15, 0.2) is 87.2 Å². The molecule has 1 aliphatic heterocycles. The minimum Gasteiger partial charge on any atom is -0.488 e. The van der Waals surface area contributed by atoms with Gasteiger partial charge in [-0.2, -0.15) is 5.26 Å². The summed E-state index contributed by atoms with van der Waals surface area (Å²) in [6.45, 7) is 0.298. The minimum atomic E-state index is 0.0242. The van der Waals surface area contributed by atoms with Gasteiger partial charge in [0.05, 0.1) is 26.7 Å². The van der Waals surface area contributed by atoms with Crippen LogP contribution in [0, 0.1) is 11.3 Å². The van der Waals surface area contributed by atoms with Crippen LogP contribution in [-0.4, -0.2) is 22.0 Å². The Morgan fingerprint density at radius 3 is 2.57 bits per heavy atom. The molecule has 1 heterocycles. The van der Waals surface area contributed by atoms with Crippen molar-refractivity contribution in [3.05, 3.63) is 98.9 Å². The smallest absolute Gasteiger partial charge is 0.267 e. The summed E-state index contributed by atoms with van der Waals surface area (Å²) < 4.78 is 6.76. The molecule has 37 heavy (non-hydrogen) atoms. The van der Waals surface area contributed by atoms with E-state index in [1.807, 2.05) is 77.7 Å². The van der Waals surface area contributed by atoms with E-state index in [0.717, 1.165) is 52.1 Å². The van der Waals surface area contributed by atoms with Crippen molar-refractivity contribution in [2.45, 2.75) is 44.8 Å². The first kappa shape index (κ1) is 25.3. The number of carbonyl (C=O) groups excluding carboxylic acids is 1. The monoisotopic (exact) mass is 571 g/mol. The van der Waals surface area contributed by atoms with E-state index >= 15 is 0 Å². The number of hydrogen-bond acceptors (Lipinski definition) is 5. The molecular formula is C30H26BrN3O2S. The summed E-state index contributed by atoms with van der Waals surface area (Å²) in [5.74, 6) is 0.701. The Morgan fingerprint density at radius 2 is 1.81 bits per heavy atom. The number of nitrogens with zero attached hydrogens (tertiary/aromatic N) is 3. The van der Waals surface area contributed by atoms with Gasteiger partial charge in [-0.15, -0.1) is 0 Å². The first-order valence-electron chi connectivity index (χ1n) is 12.4. The molecular weight excluding hydrogens is 546 g/mol. The lowest BCUT2D eigenvalue weighted by atomic mass is 9.94. The second-order valence-corrected chi connectivity index (χ2v) is 10.9. The third kappa shape index (κ3) is 5.98. The van der Waals surface area contributed by atoms with Crippen molar-refractivity contribution in [2.24, 2.45) is 4.99 Å². The molecule has 0 unspecified atom stereocenters. The fourth-order valence-corrected chi connectivity index (χ4v) is 6.19. The quantitative estimate of drug-likeness (QED) is 0.283. The van der Waals surface area contributed by atoms with Crippen molar-refractivity contribution < 1.29 is 9.53 Å². The van der Waals surface area contributed by atoms with E-state index in [9.17, 15) is 10.1 Å². The molecule has 0 N–H and O–H groups in total. The summed E-state index contributed by atoms with van der Waals surface area (Å²) in [5, 5.41) is 10.1. The van der Waals surface area contributed by atoms with E-state index in [4.69, 9.17) is 9.73 Å². The molecule has 0 spiro atoms. The number of thioether (sulfide) groups is 1. The van der Waals surface area contributed by atoms with Crippen LogP contribution in [0.5, 0.6) is 5.75 Å². The van der Waals surface area contributed by atoms with Crippen LogP contribution in [0.2, 0.25) is 0 Å². The van der Waals surface area contributed by atoms with Gasteiger partial charge in [-0.25, -0.2) is 4.99 Å². The van der Waals surface area contributed by atoms with E-state index < -0.39 is 0 Å². The number of benzene rings is 3. The second-order valence-electron chi connectivity index (χ2n) is 9.06. The first-order chi connectivity index (χ1) is 18.1. The fraction of sp³-hybridized carbons (Fsp3) is 0.233. The Morgan fingerprint density at radius 1 is 1.05 bits per heavy atom. The number of para-hydroxylation sites is 1. The Labute approximate surface area is 230 Å². The lowest BCUT2D eigenvalue weighted by Crippen LogP contribution is -2.40. The van der Waals surface area contributed by atoms with Gasteiger partial charge in [-0.3, -0.25) is 9.69 Å². The predicted octanol–water partition coefficient (Wildman–Crippen LogP) is 7.84. The average Bonchev–Trinajstić information content (AvgIpc) is 3.23. The lowest BCUT2D eigenvalue weighted by molar-refractivity contribution is -0.124. The largest absolute Gasteiger partial charge is 0.488 e. The van der Waals surface area contributed by atoms with Crippen LogP contribution in [-0.2, 0) is 11.4 Å². The SMILES string of the molecule is N#Cc1ccccc1COc1ccc(/C=C2/SC(=Nc3ccccc3)N(C3CCCCC3)C2=O)cc1Br. The third-order valence-electron chi connectivity index (χ3n) is 6.53. The van der Waals surface area contributed by atoms with E-state index in [1.165, 1.54) is 18.2 Å². The zero-order valence-corrected chi connectivity index (χ0v) is 22.7. The molecule has 0 radical (unpaired) electrons. The van der Waals surface area contributed by atoms with Gasteiger partial charge in [-0.1, -0.05) is 61.7 Å². The molecule has 1 amide bonds. The average molecular weight is 573 g/mol. The maximum absolute atomic E-state index is 13.6. The maximum atomic E-state index is 13.6. The number of amidine groups is 1. The summed E-state index contributed by atoms with van der Waals surface area (Å²) in [7, 11) is 0. The van der Waals surface area contributed by atoms with E-state index in [1.54, 1.807) is 6.07 Å². The number of nitriles is 1. The highest BCUT2D eigenvalue weighted by molar-refractivity contribution is 9.10. The Hall–Kier alpha value is -3.34. The molecule has 0 aromatic heterocycles. The van der Waals surface area contributed by atoms with Gasteiger partial charge in [0.1, 0.15) is 12.4 Å². The highest BCUT2D eigenvalue weighted by Crippen LogP contribution is 2.39. The summed E-state index contributed by atoms with van der Waals surface area (Å²) in [6.07, 6.45) is 7.47. The van der Waals surface area contributed by atoms with Crippen LogP contribution in [0.1, 0.15) is 48.8 Å². The van der Waals surface area contributed by atoms with Crippen molar-refractivity contribution in [1.29, 1.82) is 5.26 Å². The zero-order chi connectivity index (χ0) is 25.6. The fourth-order valence-electron chi connectivity index (χ4n) is 4.62. The van der Waals surface area contributed by atoms with Gasteiger partial charge in [-0.05, 0) is 82.5 Å². The molecule has 1 aliphatic carbocycles. The van der Waals surface area contributed by atoms with Crippen molar-refractivity contribution in [1.82, 2.24) is 4.90 Å². The molecule has 2 aliphatic rings. The topological polar surface area (TPSA) is 65.7 Å². The summed E-state index contributed by atoms with van der Waals surface area (Å²) in [5.41, 5.74) is 3.19. The highest BCUT2D eigenvalue weighted by atomic mass is 79.9. The number of carbonyl (C=O) groups is 1. The maximum Gasteiger partial charge on any atom is 0.267 e. The van der Waals surface area contributed by atoms with Gasteiger partial charge < -0.3 is 4.74 Å². The van der Waals surface area contributed by atoms with Crippen LogP contribution in [0.25, 0.3) is 6.08 Å². The van der Waals surface area contributed by atoms with Crippen molar-refractivity contribution >= 4 is 50.5 Å². The molecule has 7 heteroatoms. The molecule has 2 fully saturated rings. The van der Waals surface area contributed by atoms with Gasteiger partial charge >= 0.3 is 0 Å². The van der Waals surface area contributed by atoms with Crippen LogP contribution >= 0.6 is 27.7 Å². The number of amides is 1. The Bertz CT molecular complexity index is 1390. The van der Waals surface area contributed by atoms with Gasteiger partial charge in [0, 0.05) is 11.6 Å². The predicted molar refractivity (Wildman–Crippen MR) is 152 cm³/mol. The van der Waals surface area contributed by atoms with Gasteiger partial charge in [0.2, 0.25) is 0 Å². The molecule has 0 bridgehead atoms. The number of rotatable bonds is 6. The molecule has 3 aromatic carbocycles. The summed E-state index contributed by atoms with van der Waals surface area (Å²) in [4.78, 5) is 21.0. The van der Waals surface area contributed by atoms with E-state index in [-0.39, 0.29) is 11.9 Å². The first-order valence-corrected chi connectivity index (χ1v) is 14.0. The van der Waals surface area contributed by atoms with E-state index in [0.29, 0.717) is 22.8 Å². The summed E-state index contributed by atoms with van der Waals surface area (Å²) in [6, 6.07) is 25.4. The molecule has 1 saturated carbocycles. The van der Waals surface area contributed by atoms with Crippen molar-refractivity contribution in [3.63, 3.8) is 0 Å². The van der Waals surface area contributed by atoms with Crippen molar-refractivity contribution in [2.75, 3.05) is 0 Å². The number of aliphatic imine (C=N–C) groups is 1. The molecule has 1 saturated heterocycles. The lowest BCUT2D eigenvalue weighted by Gasteiger charge is -2.30. The number of hydrogen-bond donors (Lipinski definition) is 0. The standard InChI is InChI=1S/C30H26BrN3O2S/c31-26-17-21(15-16-27(26)36-20-23-10-8-7-9-22(23)19-32)18-28-29(35)34(25-13-5-2-6-14-25)30(37-28)33-24-11-3-1-4-12-24/h1,3-4,7-12,15-18,25H,2,5-6,13-14,20H2/b28-18+,33-30?. The normalized spacial score (nSPS) is 18.4. The minimum absolute atomic E-state index is 0.0242. The molecule has 186 valence electrons. The number of halogens is 1. The summed E-state index contributed by atoms with van der Waals surface area (Å²) >= 11 is 5.05. The number of ether oxygens (including phenoxy) is 1.